The molecule has 1 rings (SSSR count). The highest BCUT2D eigenvalue weighted by molar-refractivity contribution is 7.91. The van der Waals surface area contributed by atoms with E-state index in [9.17, 15) is 18.0 Å². The predicted molar refractivity (Wildman–Crippen MR) is 76.7 cm³/mol. The van der Waals surface area contributed by atoms with E-state index in [0.717, 1.165) is 0 Å². The number of sulfone groups is 1. The first kappa shape index (κ1) is 17.9. The topological polar surface area (TPSA) is 101 Å². The number of hydrogen-bond acceptors (Lipinski definition) is 5. The van der Waals surface area contributed by atoms with Gasteiger partial charge in [0.2, 0.25) is 0 Å². The average Bonchev–Trinajstić information content (AvgIpc) is 2.88. The monoisotopic (exact) mass is 321 g/mol. The van der Waals surface area contributed by atoms with Gasteiger partial charge in [-0.05, 0) is 26.7 Å². The van der Waals surface area contributed by atoms with E-state index in [1.54, 1.807) is 20.8 Å². The van der Waals surface area contributed by atoms with Crippen molar-refractivity contribution in [1.82, 2.24) is 4.90 Å². The smallest absolute Gasteiger partial charge is 0.332 e. The molecule has 0 radical (unpaired) electrons. The van der Waals surface area contributed by atoms with Crippen molar-refractivity contribution in [2.45, 2.75) is 51.9 Å². The number of nitrogens with zero attached hydrogens (tertiary/aromatic N) is 1. The summed E-state index contributed by atoms with van der Waals surface area (Å²) in [5.74, 6) is -1.47. The summed E-state index contributed by atoms with van der Waals surface area (Å²) in [6, 6.07) is -0.458. The van der Waals surface area contributed by atoms with E-state index in [2.05, 4.69) is 0 Å². The summed E-state index contributed by atoms with van der Waals surface area (Å²) in [6.45, 7) is 5.36. The molecule has 0 aliphatic carbocycles. The van der Waals surface area contributed by atoms with E-state index in [-0.39, 0.29) is 17.4 Å². The van der Waals surface area contributed by atoms with E-state index in [4.69, 9.17) is 9.84 Å². The maximum absolute atomic E-state index is 12.4. The molecule has 0 saturated carbocycles. The van der Waals surface area contributed by atoms with Crippen LogP contribution in [0.3, 0.4) is 0 Å². The second-order valence-corrected chi connectivity index (χ2v) is 7.60. The van der Waals surface area contributed by atoms with Crippen LogP contribution in [0.4, 0.5) is 0 Å². The minimum Gasteiger partial charge on any atom is -0.479 e. The Morgan fingerprint density at radius 3 is 2.29 bits per heavy atom. The molecule has 0 aromatic heterocycles. The first-order valence-electron chi connectivity index (χ1n) is 7.11. The first-order valence-corrected chi connectivity index (χ1v) is 8.93. The van der Waals surface area contributed by atoms with Crippen molar-refractivity contribution in [3.63, 3.8) is 0 Å². The Bertz CT molecular complexity index is 489. The summed E-state index contributed by atoms with van der Waals surface area (Å²) in [6.07, 6.45) is -1.10. The van der Waals surface area contributed by atoms with Gasteiger partial charge in [-0.1, -0.05) is 6.92 Å². The van der Waals surface area contributed by atoms with Gasteiger partial charge in [0.05, 0.1) is 5.75 Å². The number of carbonyl (C=O) groups is 2. The predicted octanol–water partition coefficient (Wildman–Crippen LogP) is 0.290. The van der Waals surface area contributed by atoms with Crippen LogP contribution in [-0.2, 0) is 24.2 Å². The van der Waals surface area contributed by atoms with Gasteiger partial charge < -0.3 is 14.7 Å². The quantitative estimate of drug-likeness (QED) is 0.723. The third kappa shape index (κ3) is 4.67. The van der Waals surface area contributed by atoms with Crippen LogP contribution < -0.4 is 0 Å². The van der Waals surface area contributed by atoms with Gasteiger partial charge in [0, 0.05) is 18.3 Å². The second kappa shape index (κ2) is 7.22. The molecule has 0 bridgehead atoms. The summed E-state index contributed by atoms with van der Waals surface area (Å²) < 4.78 is 28.6. The van der Waals surface area contributed by atoms with Crippen LogP contribution in [0.25, 0.3) is 0 Å². The van der Waals surface area contributed by atoms with Gasteiger partial charge in [-0.3, -0.25) is 4.79 Å². The molecule has 7 nitrogen and oxygen atoms in total. The molecule has 122 valence electrons. The SMILES string of the molecule is CCN(C(=O)[C@@H]1CC[C@H](C(=O)O)O1)C(C)CS(=O)(=O)CC. The van der Waals surface area contributed by atoms with Crippen molar-refractivity contribution >= 4 is 21.7 Å². The molecule has 1 fully saturated rings. The summed E-state index contributed by atoms with van der Waals surface area (Å²) >= 11 is 0. The Morgan fingerprint density at radius 1 is 1.29 bits per heavy atom. The van der Waals surface area contributed by atoms with Gasteiger partial charge in [0.15, 0.2) is 15.9 Å². The molecule has 1 saturated heterocycles. The molecule has 8 heteroatoms. The van der Waals surface area contributed by atoms with Gasteiger partial charge >= 0.3 is 5.97 Å². The van der Waals surface area contributed by atoms with Crippen LogP contribution in [0.5, 0.6) is 0 Å². The fourth-order valence-corrected chi connectivity index (χ4v) is 3.60. The Labute approximate surface area is 125 Å². The number of carboxylic acids is 1. The lowest BCUT2D eigenvalue weighted by Crippen LogP contribution is -2.47. The third-order valence-corrected chi connectivity index (χ3v) is 5.53. The largest absolute Gasteiger partial charge is 0.479 e. The van der Waals surface area contributed by atoms with E-state index >= 15 is 0 Å². The van der Waals surface area contributed by atoms with Crippen molar-refractivity contribution in [2.24, 2.45) is 0 Å². The third-order valence-electron chi connectivity index (χ3n) is 3.66. The maximum Gasteiger partial charge on any atom is 0.332 e. The van der Waals surface area contributed by atoms with E-state index < -0.39 is 34.1 Å². The zero-order valence-corrected chi connectivity index (χ0v) is 13.4. The van der Waals surface area contributed by atoms with E-state index in [0.29, 0.717) is 19.4 Å². The molecule has 1 unspecified atom stereocenters. The summed E-state index contributed by atoms with van der Waals surface area (Å²) in [7, 11) is -3.18. The van der Waals surface area contributed by atoms with Gasteiger partial charge in [-0.15, -0.1) is 0 Å². The summed E-state index contributed by atoms with van der Waals surface area (Å²) in [4.78, 5) is 24.7. The Balaban J connectivity index is 2.72. The molecule has 0 aromatic rings. The number of rotatable bonds is 7. The summed E-state index contributed by atoms with van der Waals surface area (Å²) in [5.41, 5.74) is 0. The first-order chi connectivity index (χ1) is 9.71. The minimum absolute atomic E-state index is 0.0318. The highest BCUT2D eigenvalue weighted by atomic mass is 32.2. The van der Waals surface area contributed by atoms with E-state index in [1.165, 1.54) is 4.90 Å². The van der Waals surface area contributed by atoms with Crippen LogP contribution in [0, 0.1) is 0 Å². The lowest BCUT2D eigenvalue weighted by atomic mass is 10.1. The van der Waals surface area contributed by atoms with Gasteiger partial charge in [-0.2, -0.15) is 0 Å². The number of hydrogen-bond donors (Lipinski definition) is 1. The highest BCUT2D eigenvalue weighted by Gasteiger charge is 2.38. The fourth-order valence-electron chi connectivity index (χ4n) is 2.45. The Hall–Kier alpha value is -1.15. The lowest BCUT2D eigenvalue weighted by Gasteiger charge is -2.30. The molecular formula is C13H23NO6S. The van der Waals surface area contributed by atoms with Crippen molar-refractivity contribution in [1.29, 1.82) is 0 Å². The van der Waals surface area contributed by atoms with E-state index in [1.807, 2.05) is 0 Å². The number of ether oxygens (including phenoxy) is 1. The van der Waals surface area contributed by atoms with Crippen molar-refractivity contribution in [2.75, 3.05) is 18.1 Å². The molecule has 1 heterocycles. The van der Waals surface area contributed by atoms with Crippen LogP contribution in [0.15, 0.2) is 0 Å². The zero-order chi connectivity index (χ0) is 16.2. The standard InChI is InChI=1S/C13H23NO6S/c1-4-14(9(3)8-21(18,19)5-2)12(15)10-6-7-11(20-10)13(16)17/h9-11H,4-8H2,1-3H3,(H,16,17)/t9?,10-,11+/m0/s1. The van der Waals surface area contributed by atoms with Crippen LogP contribution in [0.2, 0.25) is 0 Å². The Kier molecular flexibility index (Phi) is 6.15. The highest BCUT2D eigenvalue weighted by Crippen LogP contribution is 2.22. The van der Waals surface area contributed by atoms with Crippen molar-refractivity contribution < 1.29 is 27.9 Å². The molecule has 1 N–H and O–H groups in total. The average molecular weight is 321 g/mol. The zero-order valence-electron chi connectivity index (χ0n) is 12.6. The fraction of sp³-hybridized carbons (Fsp3) is 0.846. The molecule has 1 amide bonds. The van der Waals surface area contributed by atoms with Crippen molar-refractivity contribution in [3.8, 4) is 0 Å². The minimum atomic E-state index is -3.18. The normalized spacial score (nSPS) is 23.8. The van der Waals surface area contributed by atoms with Crippen LogP contribution >= 0.6 is 0 Å². The molecule has 0 spiro atoms. The van der Waals surface area contributed by atoms with Crippen LogP contribution in [0.1, 0.15) is 33.6 Å². The molecule has 1 aliphatic heterocycles. The number of aliphatic carboxylic acids is 1. The number of carboxylic acid groups (broad SMARTS) is 1. The number of amides is 1. The molecule has 0 aromatic carbocycles. The number of carbonyl (C=O) groups excluding carboxylic acids is 1. The van der Waals surface area contributed by atoms with Gasteiger partial charge in [0.25, 0.3) is 5.91 Å². The van der Waals surface area contributed by atoms with Gasteiger partial charge in [-0.25, -0.2) is 13.2 Å². The number of likely N-dealkylation sites (N-methyl/N-ethyl adjacent to an activating group) is 1. The lowest BCUT2D eigenvalue weighted by molar-refractivity contribution is -0.155. The maximum atomic E-state index is 12.4. The molecule has 21 heavy (non-hydrogen) atoms. The van der Waals surface area contributed by atoms with Crippen LogP contribution in [-0.4, -0.2) is 66.6 Å². The molecule has 1 aliphatic rings. The molecular weight excluding hydrogens is 298 g/mol. The summed E-state index contributed by atoms with van der Waals surface area (Å²) in [5, 5.41) is 8.87. The Morgan fingerprint density at radius 2 is 1.86 bits per heavy atom. The van der Waals surface area contributed by atoms with Gasteiger partial charge in [0.1, 0.15) is 6.10 Å². The molecule has 3 atom stereocenters. The van der Waals surface area contributed by atoms with Crippen molar-refractivity contribution in [3.05, 3.63) is 0 Å². The second-order valence-electron chi connectivity index (χ2n) is 5.20.